The highest BCUT2D eigenvalue weighted by Gasteiger charge is 2.63. The molecule has 4 aliphatic rings. The third-order valence-corrected chi connectivity index (χ3v) is 11.5. The first-order valence-corrected chi connectivity index (χ1v) is 18.9. The Morgan fingerprint density at radius 2 is 1.88 bits per heavy atom. The second kappa shape index (κ2) is 15.9. The largest absolute Gasteiger partial charge is 0.508 e. The standard InChI is InChI=1S/C40H52N4O8/c1-44(39(48)41-24-27-20-26-11-2-3-13-32(26)42-27)35-23-33(43-52-36-14-6-9-19-50-36)30-21-25(10-4-7-17-45)29(12-5-8-18-46)37-31-22-28(47)15-16-34(31)51-40(35,49)38(30)37/h2-3,11,13,15-16,20-22,25,29,35-38,42,45-47,49H,4-10,12,14,17-19,23-24H2,1H3,(H,41,48)/t25-,29+,35-,36?,37+,38+,40+/m0/s1. The van der Waals surface area contributed by atoms with Crippen LogP contribution < -0.4 is 10.1 Å². The number of aromatic amines is 1. The first kappa shape index (κ1) is 36.3. The summed E-state index contributed by atoms with van der Waals surface area (Å²) in [6.45, 7) is 1.04. The van der Waals surface area contributed by atoms with Crippen LogP contribution in [0.25, 0.3) is 10.9 Å². The lowest BCUT2D eigenvalue weighted by Crippen LogP contribution is -2.69. The number of amides is 2. The molecule has 7 atom stereocenters. The third-order valence-electron chi connectivity index (χ3n) is 11.5. The van der Waals surface area contributed by atoms with Crippen LogP contribution in [0.3, 0.4) is 0 Å². The second-order valence-corrected chi connectivity index (χ2v) is 14.8. The molecule has 1 unspecified atom stereocenters. The van der Waals surface area contributed by atoms with Crippen LogP contribution in [-0.4, -0.2) is 87.0 Å². The predicted octanol–water partition coefficient (Wildman–Crippen LogP) is 5.67. The molecule has 3 aromatic rings. The highest BCUT2D eigenvalue weighted by molar-refractivity contribution is 6.03. The topological polar surface area (TPSA) is 169 Å². The summed E-state index contributed by atoms with van der Waals surface area (Å²) in [4.78, 5) is 24.9. The number of likely N-dealkylation sites (N-methyl/N-ethyl adjacent to an activating group) is 1. The molecule has 12 heteroatoms. The van der Waals surface area contributed by atoms with Gasteiger partial charge >= 0.3 is 6.03 Å². The Labute approximate surface area is 304 Å². The molecule has 2 aromatic carbocycles. The Kier molecular flexibility index (Phi) is 11.1. The minimum atomic E-state index is -1.85. The number of nitrogens with one attached hydrogen (secondary N) is 2. The van der Waals surface area contributed by atoms with Crippen LogP contribution in [0, 0.1) is 17.8 Å². The zero-order valence-electron chi connectivity index (χ0n) is 29.9. The van der Waals surface area contributed by atoms with E-state index in [0.29, 0.717) is 30.9 Å². The Hall–Kier alpha value is -4.10. The zero-order valence-corrected chi connectivity index (χ0v) is 29.9. The third kappa shape index (κ3) is 7.26. The number of phenolic OH excluding ortho intramolecular Hbond substituents is 1. The van der Waals surface area contributed by atoms with Crippen molar-refractivity contribution < 1.29 is 39.5 Å². The number of phenols is 1. The molecule has 1 saturated heterocycles. The SMILES string of the molecule is CN(C(=O)NCc1cc2ccccc2[nH]1)[C@H]1CC(=NOC2CCCCO2)C2=C[C@H](CCCCO)[C@@H](CCCCO)[C@@H]3c4cc(O)ccc4O[C@@]1(O)[C@H]23. The maximum atomic E-state index is 14.0. The quantitative estimate of drug-likeness (QED) is 0.0972. The normalized spacial score (nSPS) is 28.8. The molecular weight excluding hydrogens is 664 g/mol. The number of hydrogen-bond acceptors (Lipinski definition) is 9. The van der Waals surface area contributed by atoms with Gasteiger partial charge in [0.25, 0.3) is 0 Å². The van der Waals surface area contributed by atoms with E-state index in [9.17, 15) is 25.2 Å². The summed E-state index contributed by atoms with van der Waals surface area (Å²) in [5.41, 5.74) is 4.07. The van der Waals surface area contributed by atoms with Gasteiger partial charge in [-0.3, -0.25) is 0 Å². The number of carbonyl (C=O) groups is 1. The molecule has 0 spiro atoms. The zero-order chi connectivity index (χ0) is 36.2. The number of para-hydroxylation sites is 1. The maximum Gasteiger partial charge on any atom is 0.317 e. The maximum absolute atomic E-state index is 14.0. The summed E-state index contributed by atoms with van der Waals surface area (Å²) in [6, 6.07) is 13.7. The Balaban J connectivity index is 1.28. The lowest BCUT2D eigenvalue weighted by molar-refractivity contribution is -0.226. The number of allylic oxidation sites excluding steroid dienone is 1. The summed E-state index contributed by atoms with van der Waals surface area (Å²) in [7, 11) is 1.67. The van der Waals surface area contributed by atoms with Gasteiger partial charge in [-0.25, -0.2) is 4.79 Å². The number of aliphatic hydroxyl groups excluding tert-OH is 2. The van der Waals surface area contributed by atoms with Crippen molar-refractivity contribution in [1.82, 2.24) is 15.2 Å². The number of urea groups is 1. The molecule has 0 radical (unpaired) electrons. The summed E-state index contributed by atoms with van der Waals surface area (Å²) < 4.78 is 12.5. The minimum absolute atomic E-state index is 0.0127. The summed E-state index contributed by atoms with van der Waals surface area (Å²) in [5.74, 6) is -2.16. The van der Waals surface area contributed by atoms with Gasteiger partial charge in [-0.05, 0) is 91.7 Å². The van der Waals surface area contributed by atoms with Crippen LogP contribution in [0.15, 0.2) is 65.3 Å². The molecule has 7 rings (SSSR count). The molecule has 3 heterocycles. The van der Waals surface area contributed by atoms with E-state index in [-0.39, 0.29) is 55.7 Å². The van der Waals surface area contributed by atoms with Gasteiger partial charge < -0.3 is 49.9 Å². The van der Waals surface area contributed by atoms with E-state index in [4.69, 9.17) is 19.5 Å². The van der Waals surface area contributed by atoms with Gasteiger partial charge in [-0.2, -0.15) is 0 Å². The van der Waals surface area contributed by atoms with E-state index in [0.717, 1.165) is 72.7 Å². The van der Waals surface area contributed by atoms with Crippen molar-refractivity contribution in [3.8, 4) is 11.5 Å². The van der Waals surface area contributed by atoms with Crippen LogP contribution >= 0.6 is 0 Å². The van der Waals surface area contributed by atoms with Crippen molar-refractivity contribution in [2.45, 2.75) is 94.8 Å². The van der Waals surface area contributed by atoms with Gasteiger partial charge in [0.15, 0.2) is 0 Å². The molecule has 2 fully saturated rings. The monoisotopic (exact) mass is 716 g/mol. The number of oxime groups is 1. The summed E-state index contributed by atoms with van der Waals surface area (Å²) in [6.07, 6.45) is 9.04. The number of rotatable bonds is 13. The molecular formula is C40H52N4O8. The molecule has 2 aliphatic carbocycles. The van der Waals surface area contributed by atoms with Crippen molar-refractivity contribution >= 4 is 22.6 Å². The van der Waals surface area contributed by atoms with Gasteiger partial charge in [0.2, 0.25) is 12.1 Å². The summed E-state index contributed by atoms with van der Waals surface area (Å²) in [5, 5.41) is 52.0. The average Bonchev–Trinajstić information content (AvgIpc) is 3.58. The first-order valence-electron chi connectivity index (χ1n) is 18.9. The van der Waals surface area contributed by atoms with Gasteiger partial charge in [0, 0.05) is 55.8 Å². The number of ether oxygens (including phenoxy) is 2. The van der Waals surface area contributed by atoms with Gasteiger partial charge in [-0.1, -0.05) is 42.3 Å². The Bertz CT molecular complexity index is 1740. The van der Waals surface area contributed by atoms with Crippen molar-refractivity contribution in [1.29, 1.82) is 0 Å². The molecule has 6 N–H and O–H groups in total. The number of unbranched alkanes of at least 4 members (excludes halogenated alkanes) is 2. The molecule has 1 saturated carbocycles. The van der Waals surface area contributed by atoms with E-state index in [2.05, 4.69) is 16.4 Å². The molecule has 0 bridgehead atoms. The number of H-pyrrole nitrogens is 1. The lowest BCUT2D eigenvalue weighted by atomic mass is 9.55. The fourth-order valence-corrected chi connectivity index (χ4v) is 8.94. The van der Waals surface area contributed by atoms with E-state index >= 15 is 0 Å². The highest BCUT2D eigenvalue weighted by Crippen LogP contribution is 2.60. The highest BCUT2D eigenvalue weighted by atomic mass is 16.8. The number of hydrogen-bond donors (Lipinski definition) is 6. The lowest BCUT2D eigenvalue weighted by Gasteiger charge is -2.58. The van der Waals surface area contributed by atoms with Crippen molar-refractivity contribution in [3.05, 3.63) is 71.4 Å². The number of aliphatic hydroxyl groups is 3. The van der Waals surface area contributed by atoms with Crippen molar-refractivity contribution in [2.75, 3.05) is 26.9 Å². The molecule has 12 nitrogen and oxygen atoms in total. The van der Waals surface area contributed by atoms with Gasteiger partial charge in [0.1, 0.15) is 17.5 Å². The number of aromatic nitrogens is 1. The van der Waals surface area contributed by atoms with Crippen LogP contribution in [-0.2, 0) is 16.1 Å². The number of fused-ring (bicyclic) bond motifs is 3. The molecule has 2 aliphatic heterocycles. The minimum Gasteiger partial charge on any atom is -0.508 e. The molecule has 52 heavy (non-hydrogen) atoms. The van der Waals surface area contributed by atoms with Crippen LogP contribution in [0.2, 0.25) is 0 Å². The second-order valence-electron chi connectivity index (χ2n) is 14.8. The van der Waals surface area contributed by atoms with E-state index < -0.39 is 24.0 Å². The van der Waals surface area contributed by atoms with Crippen LogP contribution in [0.4, 0.5) is 4.79 Å². The van der Waals surface area contributed by atoms with E-state index in [1.165, 1.54) is 4.90 Å². The van der Waals surface area contributed by atoms with Crippen molar-refractivity contribution in [2.24, 2.45) is 22.9 Å². The Morgan fingerprint density at radius 1 is 1.08 bits per heavy atom. The molecule has 1 aromatic heterocycles. The fraction of sp³-hybridized carbons (Fsp3) is 0.550. The van der Waals surface area contributed by atoms with Crippen LogP contribution in [0.1, 0.15) is 81.4 Å². The average molecular weight is 717 g/mol. The first-order chi connectivity index (χ1) is 25.3. The predicted molar refractivity (Wildman–Crippen MR) is 196 cm³/mol. The fourth-order valence-electron chi connectivity index (χ4n) is 8.94. The number of carbonyl (C=O) groups excluding carboxylic acids is 1. The van der Waals surface area contributed by atoms with Gasteiger partial charge in [-0.15, -0.1) is 0 Å². The van der Waals surface area contributed by atoms with E-state index in [1.807, 2.05) is 30.3 Å². The van der Waals surface area contributed by atoms with Crippen molar-refractivity contribution in [3.63, 3.8) is 0 Å². The van der Waals surface area contributed by atoms with Crippen LogP contribution in [0.5, 0.6) is 11.5 Å². The Morgan fingerprint density at radius 3 is 2.65 bits per heavy atom. The summed E-state index contributed by atoms with van der Waals surface area (Å²) >= 11 is 0. The van der Waals surface area contributed by atoms with Gasteiger partial charge in [0.05, 0.1) is 24.8 Å². The molecule has 280 valence electrons. The number of aromatic hydroxyl groups is 1. The number of nitrogens with zero attached hydrogens (tertiary/aromatic N) is 2. The number of benzene rings is 2. The smallest absolute Gasteiger partial charge is 0.317 e. The van der Waals surface area contributed by atoms with E-state index in [1.54, 1.807) is 25.2 Å². The molecule has 2 amide bonds.